The van der Waals surface area contributed by atoms with Crippen LogP contribution in [0, 0.1) is 42.9 Å². The van der Waals surface area contributed by atoms with Crippen LogP contribution in [0.4, 0.5) is 33.3 Å². The van der Waals surface area contributed by atoms with Crippen molar-refractivity contribution in [2.45, 2.75) is 33.2 Å². The second-order valence-corrected chi connectivity index (χ2v) is 8.77. The SMILES string of the molecule is Cc1cc(N2CCc3sccc3C2)cc(C)c1NC(=O)Cc1c(F)c(F)c(F)c(F)c1F. The van der Waals surface area contributed by atoms with Crippen molar-refractivity contribution in [2.24, 2.45) is 0 Å². The van der Waals surface area contributed by atoms with Crippen LogP contribution < -0.4 is 10.2 Å². The Morgan fingerprint density at radius 2 is 1.59 bits per heavy atom. The van der Waals surface area contributed by atoms with Crippen molar-refractivity contribution in [3.8, 4) is 0 Å². The summed E-state index contributed by atoms with van der Waals surface area (Å²) in [4.78, 5) is 16.0. The van der Waals surface area contributed by atoms with Gasteiger partial charge in [-0.25, -0.2) is 22.0 Å². The van der Waals surface area contributed by atoms with E-state index in [2.05, 4.69) is 21.7 Å². The third-order valence-corrected chi connectivity index (χ3v) is 6.62. The highest BCUT2D eigenvalue weighted by atomic mass is 32.1. The molecule has 0 saturated carbocycles. The van der Waals surface area contributed by atoms with Gasteiger partial charge in [-0.3, -0.25) is 4.79 Å². The monoisotopic (exact) mass is 466 g/mol. The predicted octanol–water partition coefficient (Wildman–Crippen LogP) is 5.80. The fourth-order valence-electron chi connectivity index (χ4n) is 3.94. The molecule has 1 aliphatic heterocycles. The lowest BCUT2D eigenvalue weighted by molar-refractivity contribution is -0.115. The molecule has 32 heavy (non-hydrogen) atoms. The minimum absolute atomic E-state index is 0.441. The Bertz CT molecular complexity index is 1170. The molecule has 0 atom stereocenters. The highest BCUT2D eigenvalue weighted by Crippen LogP contribution is 2.32. The number of hydrogen-bond donors (Lipinski definition) is 1. The molecule has 1 amide bonds. The molecule has 1 aliphatic rings. The lowest BCUT2D eigenvalue weighted by Gasteiger charge is -2.30. The molecule has 168 valence electrons. The molecule has 0 aliphatic carbocycles. The summed E-state index contributed by atoms with van der Waals surface area (Å²) in [5.41, 5.74) is 3.00. The quantitative estimate of drug-likeness (QED) is 0.299. The van der Waals surface area contributed by atoms with Gasteiger partial charge in [-0.2, -0.15) is 0 Å². The minimum Gasteiger partial charge on any atom is -0.367 e. The predicted molar refractivity (Wildman–Crippen MR) is 114 cm³/mol. The molecule has 3 nitrogen and oxygen atoms in total. The van der Waals surface area contributed by atoms with Crippen LogP contribution in [0.5, 0.6) is 0 Å². The Kier molecular flexibility index (Phi) is 5.94. The number of thiophene rings is 1. The average Bonchev–Trinajstić information content (AvgIpc) is 3.24. The number of aryl methyl sites for hydroxylation is 2. The van der Waals surface area contributed by atoms with Gasteiger partial charge in [0, 0.05) is 34.9 Å². The van der Waals surface area contributed by atoms with Crippen LogP contribution in [-0.4, -0.2) is 12.5 Å². The first-order valence-corrected chi connectivity index (χ1v) is 10.8. The Hall–Kier alpha value is -2.94. The molecule has 0 unspecified atom stereocenters. The number of carbonyl (C=O) groups is 1. The van der Waals surface area contributed by atoms with E-state index in [1.54, 1.807) is 25.2 Å². The Labute approximate surface area is 185 Å². The Morgan fingerprint density at radius 1 is 1.00 bits per heavy atom. The van der Waals surface area contributed by atoms with E-state index >= 15 is 0 Å². The van der Waals surface area contributed by atoms with Crippen LogP contribution in [0.15, 0.2) is 23.6 Å². The van der Waals surface area contributed by atoms with Crippen molar-refractivity contribution in [3.63, 3.8) is 0 Å². The molecule has 0 saturated heterocycles. The fraction of sp³-hybridized carbons (Fsp3) is 0.261. The molecule has 1 aromatic heterocycles. The first kappa shape index (κ1) is 22.3. The highest BCUT2D eigenvalue weighted by Gasteiger charge is 2.27. The number of halogens is 5. The lowest BCUT2D eigenvalue weighted by Crippen LogP contribution is -2.29. The van der Waals surface area contributed by atoms with Gasteiger partial charge in [0.15, 0.2) is 23.3 Å². The van der Waals surface area contributed by atoms with E-state index in [0.29, 0.717) is 5.69 Å². The number of rotatable bonds is 4. The molecular formula is C23H19F5N2OS. The standard InChI is InChI=1S/C23H19F5N2OS/c1-11-7-14(30-5-3-16-13(10-30)4-6-32-16)8-12(2)23(11)29-17(31)9-15-18(24)20(26)22(28)21(27)19(15)25/h4,6-8H,3,5,9-10H2,1-2H3,(H,29,31). The van der Waals surface area contributed by atoms with Gasteiger partial charge in [0.1, 0.15) is 0 Å². The number of amides is 1. The van der Waals surface area contributed by atoms with Crippen molar-refractivity contribution >= 4 is 28.6 Å². The van der Waals surface area contributed by atoms with Crippen LogP contribution in [0.1, 0.15) is 27.1 Å². The van der Waals surface area contributed by atoms with Crippen LogP contribution in [-0.2, 0) is 24.2 Å². The van der Waals surface area contributed by atoms with Gasteiger partial charge in [-0.1, -0.05) is 0 Å². The zero-order valence-electron chi connectivity index (χ0n) is 17.3. The molecule has 0 radical (unpaired) electrons. The van der Waals surface area contributed by atoms with Crippen molar-refractivity contribution in [1.82, 2.24) is 0 Å². The summed E-state index contributed by atoms with van der Waals surface area (Å²) in [6.07, 6.45) is -0.0367. The molecule has 2 heterocycles. The summed E-state index contributed by atoms with van der Waals surface area (Å²) in [5, 5.41) is 4.63. The highest BCUT2D eigenvalue weighted by molar-refractivity contribution is 7.10. The van der Waals surface area contributed by atoms with Gasteiger partial charge in [-0.05, 0) is 60.5 Å². The zero-order chi connectivity index (χ0) is 23.2. The minimum atomic E-state index is -2.25. The van der Waals surface area contributed by atoms with Gasteiger partial charge in [0.2, 0.25) is 11.7 Å². The number of anilines is 2. The van der Waals surface area contributed by atoms with Crippen molar-refractivity contribution in [3.05, 3.63) is 79.8 Å². The smallest absolute Gasteiger partial charge is 0.229 e. The van der Waals surface area contributed by atoms with Gasteiger partial charge in [0.05, 0.1) is 6.42 Å². The normalized spacial score (nSPS) is 13.3. The summed E-state index contributed by atoms with van der Waals surface area (Å²) in [6, 6.07) is 5.91. The van der Waals surface area contributed by atoms with E-state index in [-0.39, 0.29) is 0 Å². The Morgan fingerprint density at radius 3 is 2.22 bits per heavy atom. The van der Waals surface area contributed by atoms with Crippen LogP contribution in [0.25, 0.3) is 0 Å². The average molecular weight is 466 g/mol. The molecule has 9 heteroatoms. The van der Waals surface area contributed by atoms with E-state index in [1.807, 2.05) is 12.1 Å². The van der Waals surface area contributed by atoms with Crippen LogP contribution >= 0.6 is 11.3 Å². The largest absolute Gasteiger partial charge is 0.367 e. The molecule has 0 bridgehead atoms. The zero-order valence-corrected chi connectivity index (χ0v) is 18.1. The van der Waals surface area contributed by atoms with Crippen LogP contribution in [0.2, 0.25) is 0 Å². The Balaban J connectivity index is 1.54. The molecule has 3 aromatic rings. The number of carbonyl (C=O) groups excluding carboxylic acids is 1. The number of nitrogens with zero attached hydrogens (tertiary/aromatic N) is 1. The first-order chi connectivity index (χ1) is 15.2. The van der Waals surface area contributed by atoms with E-state index in [9.17, 15) is 26.7 Å². The summed E-state index contributed by atoms with van der Waals surface area (Å²) in [7, 11) is 0. The topological polar surface area (TPSA) is 32.3 Å². The summed E-state index contributed by atoms with van der Waals surface area (Å²) in [6.45, 7) is 5.21. The van der Waals surface area contributed by atoms with E-state index in [1.165, 1.54) is 10.4 Å². The van der Waals surface area contributed by atoms with Gasteiger partial charge >= 0.3 is 0 Å². The molecular weight excluding hydrogens is 447 g/mol. The summed E-state index contributed by atoms with van der Waals surface area (Å²) < 4.78 is 67.8. The maximum atomic E-state index is 13.9. The van der Waals surface area contributed by atoms with Gasteiger partial charge in [-0.15, -0.1) is 11.3 Å². The van der Waals surface area contributed by atoms with E-state index < -0.39 is 47.0 Å². The molecule has 0 spiro atoms. The van der Waals surface area contributed by atoms with Crippen LogP contribution in [0.3, 0.4) is 0 Å². The fourth-order valence-corrected chi connectivity index (χ4v) is 4.83. The third kappa shape index (κ3) is 3.97. The molecule has 1 N–H and O–H groups in total. The lowest BCUT2D eigenvalue weighted by atomic mass is 10.0. The summed E-state index contributed by atoms with van der Waals surface area (Å²) in [5.74, 6) is -11.3. The van der Waals surface area contributed by atoms with E-state index in [0.717, 1.165) is 36.3 Å². The van der Waals surface area contributed by atoms with Gasteiger partial charge < -0.3 is 10.2 Å². The third-order valence-electron chi connectivity index (χ3n) is 5.59. The summed E-state index contributed by atoms with van der Waals surface area (Å²) >= 11 is 1.75. The van der Waals surface area contributed by atoms with Crippen molar-refractivity contribution in [2.75, 3.05) is 16.8 Å². The maximum absolute atomic E-state index is 13.9. The second kappa shape index (κ2) is 8.54. The number of nitrogens with one attached hydrogen (secondary N) is 1. The first-order valence-electron chi connectivity index (χ1n) is 9.89. The second-order valence-electron chi connectivity index (χ2n) is 7.77. The molecule has 4 rings (SSSR count). The van der Waals surface area contributed by atoms with Crippen molar-refractivity contribution < 1.29 is 26.7 Å². The van der Waals surface area contributed by atoms with Crippen molar-refractivity contribution in [1.29, 1.82) is 0 Å². The van der Waals surface area contributed by atoms with Gasteiger partial charge in [0.25, 0.3) is 0 Å². The number of fused-ring (bicyclic) bond motifs is 1. The number of hydrogen-bond acceptors (Lipinski definition) is 3. The molecule has 2 aromatic carbocycles. The maximum Gasteiger partial charge on any atom is 0.229 e. The molecule has 0 fully saturated rings. The van der Waals surface area contributed by atoms with E-state index in [4.69, 9.17) is 0 Å². The number of benzene rings is 2.